The summed E-state index contributed by atoms with van der Waals surface area (Å²) in [6, 6.07) is 7.71. The zero-order valence-corrected chi connectivity index (χ0v) is 9.94. The number of pyridine rings is 1. The largest absolute Gasteiger partial charge is 0.373 e. The summed E-state index contributed by atoms with van der Waals surface area (Å²) in [6.45, 7) is 2.52. The molecule has 88 valence electrons. The van der Waals surface area contributed by atoms with Gasteiger partial charge in [-0.25, -0.2) is 9.97 Å². The number of hydrogen-bond donors (Lipinski definition) is 2. The minimum atomic E-state index is 0.653. The Balaban J connectivity index is 2.06. The molecule has 2 aromatic rings. The molecule has 2 aromatic heterocycles. The Kier molecular flexibility index (Phi) is 3.49. The van der Waals surface area contributed by atoms with Crippen LogP contribution in [-0.4, -0.2) is 22.0 Å². The van der Waals surface area contributed by atoms with E-state index in [2.05, 4.69) is 25.6 Å². The maximum Gasteiger partial charge on any atom is 0.132 e. The fourth-order valence-electron chi connectivity index (χ4n) is 1.47. The zero-order valence-electron chi connectivity index (χ0n) is 9.94. The van der Waals surface area contributed by atoms with E-state index in [-0.39, 0.29) is 0 Å². The smallest absolute Gasteiger partial charge is 0.132 e. The molecule has 0 amide bonds. The first-order chi connectivity index (χ1) is 8.28. The summed E-state index contributed by atoms with van der Waals surface area (Å²) in [4.78, 5) is 12.8. The van der Waals surface area contributed by atoms with Gasteiger partial charge in [0.15, 0.2) is 0 Å². The van der Waals surface area contributed by atoms with E-state index in [0.29, 0.717) is 6.54 Å². The average molecular weight is 229 g/mol. The fraction of sp³-hybridized carbons (Fsp3) is 0.250. The molecule has 0 fully saturated rings. The van der Waals surface area contributed by atoms with Crippen LogP contribution in [-0.2, 0) is 6.54 Å². The molecule has 0 unspecified atom stereocenters. The highest BCUT2D eigenvalue weighted by Gasteiger charge is 2.00. The predicted molar refractivity (Wildman–Crippen MR) is 67.9 cm³/mol. The normalized spacial score (nSPS) is 10.0. The van der Waals surface area contributed by atoms with Gasteiger partial charge in [0.2, 0.25) is 0 Å². The first-order valence-corrected chi connectivity index (χ1v) is 5.45. The topological polar surface area (TPSA) is 62.7 Å². The van der Waals surface area contributed by atoms with Crippen LogP contribution in [0.15, 0.2) is 30.5 Å². The van der Waals surface area contributed by atoms with Crippen LogP contribution >= 0.6 is 0 Å². The predicted octanol–water partition coefficient (Wildman–Crippen LogP) is 1.83. The van der Waals surface area contributed by atoms with Gasteiger partial charge in [0.1, 0.15) is 17.5 Å². The highest BCUT2D eigenvalue weighted by molar-refractivity contribution is 5.47. The van der Waals surface area contributed by atoms with Gasteiger partial charge in [-0.2, -0.15) is 0 Å². The highest BCUT2D eigenvalue weighted by atomic mass is 15.1. The van der Waals surface area contributed by atoms with E-state index in [4.69, 9.17) is 0 Å². The summed E-state index contributed by atoms with van der Waals surface area (Å²) in [5.41, 5.74) is 0.981. The molecule has 0 bridgehead atoms. The third-order valence-electron chi connectivity index (χ3n) is 2.27. The van der Waals surface area contributed by atoms with Crippen LogP contribution in [0.3, 0.4) is 0 Å². The van der Waals surface area contributed by atoms with Crippen LogP contribution < -0.4 is 10.6 Å². The van der Waals surface area contributed by atoms with Crippen molar-refractivity contribution in [3.63, 3.8) is 0 Å². The third-order valence-corrected chi connectivity index (χ3v) is 2.27. The Morgan fingerprint density at radius 1 is 1.18 bits per heavy atom. The van der Waals surface area contributed by atoms with Crippen molar-refractivity contribution in [1.82, 2.24) is 15.0 Å². The van der Waals surface area contributed by atoms with Crippen LogP contribution in [0.5, 0.6) is 0 Å². The van der Waals surface area contributed by atoms with Crippen LogP contribution in [0.2, 0.25) is 0 Å². The molecule has 2 heterocycles. The van der Waals surface area contributed by atoms with Gasteiger partial charge in [0.05, 0.1) is 12.2 Å². The Morgan fingerprint density at radius 3 is 2.71 bits per heavy atom. The maximum absolute atomic E-state index is 4.31. The minimum Gasteiger partial charge on any atom is -0.373 e. The molecular formula is C12H15N5. The number of aryl methyl sites for hydroxylation is 1. The molecule has 0 spiro atoms. The zero-order chi connectivity index (χ0) is 12.1. The Morgan fingerprint density at radius 2 is 2.00 bits per heavy atom. The minimum absolute atomic E-state index is 0.653. The second-order valence-electron chi connectivity index (χ2n) is 3.61. The summed E-state index contributed by atoms with van der Waals surface area (Å²) in [5.74, 6) is 2.34. The quantitative estimate of drug-likeness (QED) is 0.837. The van der Waals surface area contributed by atoms with E-state index in [1.807, 2.05) is 38.2 Å². The fourth-order valence-corrected chi connectivity index (χ4v) is 1.47. The highest BCUT2D eigenvalue weighted by Crippen LogP contribution is 2.11. The molecule has 0 aliphatic heterocycles. The van der Waals surface area contributed by atoms with E-state index >= 15 is 0 Å². The summed E-state index contributed by atoms with van der Waals surface area (Å²) >= 11 is 0. The van der Waals surface area contributed by atoms with Gasteiger partial charge in [0, 0.05) is 19.3 Å². The third kappa shape index (κ3) is 3.14. The van der Waals surface area contributed by atoms with Crippen molar-refractivity contribution in [3.05, 3.63) is 42.0 Å². The second-order valence-corrected chi connectivity index (χ2v) is 3.61. The van der Waals surface area contributed by atoms with E-state index in [1.165, 1.54) is 0 Å². The molecule has 17 heavy (non-hydrogen) atoms. The van der Waals surface area contributed by atoms with Crippen LogP contribution in [0.4, 0.5) is 11.6 Å². The van der Waals surface area contributed by atoms with Crippen molar-refractivity contribution in [1.29, 1.82) is 0 Å². The summed E-state index contributed by atoms with van der Waals surface area (Å²) in [5, 5.41) is 6.22. The number of anilines is 2. The SMILES string of the molecule is CNc1cc(NCc2ccccn2)nc(C)n1. The Labute approximate surface area is 100 Å². The number of rotatable bonds is 4. The molecule has 0 aliphatic rings. The van der Waals surface area contributed by atoms with Crippen LogP contribution in [0.25, 0.3) is 0 Å². The van der Waals surface area contributed by atoms with Crippen molar-refractivity contribution in [3.8, 4) is 0 Å². The number of aromatic nitrogens is 3. The molecule has 5 heteroatoms. The lowest BCUT2D eigenvalue weighted by Gasteiger charge is -2.07. The lowest BCUT2D eigenvalue weighted by molar-refractivity contribution is 0.995. The molecule has 0 saturated carbocycles. The molecule has 0 aliphatic carbocycles. The van der Waals surface area contributed by atoms with Gasteiger partial charge in [-0.3, -0.25) is 4.98 Å². The number of nitrogens with zero attached hydrogens (tertiary/aromatic N) is 3. The molecule has 5 nitrogen and oxygen atoms in total. The van der Waals surface area contributed by atoms with E-state index in [9.17, 15) is 0 Å². The van der Waals surface area contributed by atoms with E-state index in [0.717, 1.165) is 23.2 Å². The molecule has 0 atom stereocenters. The molecule has 0 aromatic carbocycles. The van der Waals surface area contributed by atoms with Gasteiger partial charge in [-0.1, -0.05) is 6.07 Å². The Bertz CT molecular complexity index is 484. The monoisotopic (exact) mass is 229 g/mol. The standard InChI is InChI=1S/C12H15N5/c1-9-16-11(13-2)7-12(17-9)15-8-10-5-3-4-6-14-10/h3-7H,8H2,1-2H3,(H2,13,15,16,17). The number of nitrogens with one attached hydrogen (secondary N) is 2. The van der Waals surface area contributed by atoms with Crippen LogP contribution in [0.1, 0.15) is 11.5 Å². The van der Waals surface area contributed by atoms with Crippen LogP contribution in [0, 0.1) is 6.92 Å². The van der Waals surface area contributed by atoms with Crippen molar-refractivity contribution in [2.24, 2.45) is 0 Å². The molecule has 2 rings (SSSR count). The first-order valence-electron chi connectivity index (χ1n) is 5.45. The van der Waals surface area contributed by atoms with Crippen molar-refractivity contribution in [2.75, 3.05) is 17.7 Å². The number of hydrogen-bond acceptors (Lipinski definition) is 5. The lowest BCUT2D eigenvalue weighted by Crippen LogP contribution is -2.05. The molecular weight excluding hydrogens is 214 g/mol. The van der Waals surface area contributed by atoms with Gasteiger partial charge < -0.3 is 10.6 Å². The summed E-state index contributed by atoms with van der Waals surface area (Å²) in [7, 11) is 1.84. The van der Waals surface area contributed by atoms with Gasteiger partial charge >= 0.3 is 0 Å². The van der Waals surface area contributed by atoms with Gasteiger partial charge in [-0.05, 0) is 19.1 Å². The Hall–Kier alpha value is -2.17. The van der Waals surface area contributed by atoms with Crippen molar-refractivity contribution >= 4 is 11.6 Å². The second kappa shape index (κ2) is 5.25. The van der Waals surface area contributed by atoms with Crippen molar-refractivity contribution < 1.29 is 0 Å². The van der Waals surface area contributed by atoms with E-state index < -0.39 is 0 Å². The molecule has 0 saturated heterocycles. The average Bonchev–Trinajstić information content (AvgIpc) is 2.37. The summed E-state index contributed by atoms with van der Waals surface area (Å²) in [6.07, 6.45) is 1.78. The molecule has 2 N–H and O–H groups in total. The summed E-state index contributed by atoms with van der Waals surface area (Å²) < 4.78 is 0. The maximum atomic E-state index is 4.31. The van der Waals surface area contributed by atoms with Crippen molar-refractivity contribution in [2.45, 2.75) is 13.5 Å². The van der Waals surface area contributed by atoms with Gasteiger partial charge in [-0.15, -0.1) is 0 Å². The van der Waals surface area contributed by atoms with E-state index in [1.54, 1.807) is 6.20 Å². The first kappa shape index (κ1) is 11.3. The van der Waals surface area contributed by atoms with Gasteiger partial charge in [0.25, 0.3) is 0 Å². The lowest BCUT2D eigenvalue weighted by atomic mass is 10.3. The molecule has 0 radical (unpaired) electrons.